The summed E-state index contributed by atoms with van der Waals surface area (Å²) < 4.78 is 1.14. The van der Waals surface area contributed by atoms with Crippen molar-refractivity contribution >= 4 is 27.2 Å². The topological polar surface area (TPSA) is 81.9 Å². The van der Waals surface area contributed by atoms with Gasteiger partial charge >= 0.3 is 0 Å². The Balaban J connectivity index is 0.000000173. The van der Waals surface area contributed by atoms with E-state index >= 15 is 0 Å². The summed E-state index contributed by atoms with van der Waals surface area (Å²) in [7, 11) is 0. The average Bonchev–Trinajstić information content (AvgIpc) is 3.08. The minimum Gasteiger partial charge on any atom is -0.507 e. The van der Waals surface area contributed by atoms with Gasteiger partial charge in [0.1, 0.15) is 10.8 Å². The van der Waals surface area contributed by atoms with Gasteiger partial charge in [-0.2, -0.15) is 0 Å². The second-order valence-corrected chi connectivity index (χ2v) is 6.06. The van der Waals surface area contributed by atoms with Crippen molar-refractivity contribution in [3.8, 4) is 16.3 Å². The first kappa shape index (κ1) is 16.5. The highest BCUT2D eigenvalue weighted by atomic mass is 32.1. The zero-order valence-corrected chi connectivity index (χ0v) is 14.0. The fraction of sp³-hybridized carbons (Fsp3) is 0. The van der Waals surface area contributed by atoms with E-state index in [1.807, 2.05) is 60.7 Å². The number of phenols is 1. The van der Waals surface area contributed by atoms with Crippen LogP contribution in [0.2, 0.25) is 0 Å². The van der Waals surface area contributed by atoms with Gasteiger partial charge in [-0.1, -0.05) is 59.7 Å². The van der Waals surface area contributed by atoms with Crippen LogP contribution < -0.4 is 0 Å². The number of thiazole rings is 1. The van der Waals surface area contributed by atoms with Gasteiger partial charge in [-0.05, 0) is 29.8 Å². The maximum Gasteiger partial charge on any atom is 0.128 e. The minimum atomic E-state index is 0.279. The molecule has 25 heavy (non-hydrogen) atoms. The molecule has 1 heterocycles. The summed E-state index contributed by atoms with van der Waals surface area (Å²) in [4.78, 5) is 7.13. The Bertz CT molecular complexity index is 991. The molecular formula is C19H14N4OS. The fourth-order valence-corrected chi connectivity index (χ4v) is 3.19. The Kier molecular flexibility index (Phi) is 5.26. The first-order chi connectivity index (χ1) is 12.3. The summed E-state index contributed by atoms with van der Waals surface area (Å²) in [5.74, 6) is 0.279. The number of hydrogen-bond acceptors (Lipinski definition) is 4. The molecule has 0 amide bonds. The number of rotatable bonds is 2. The van der Waals surface area contributed by atoms with Crippen LogP contribution in [0, 0.1) is 0 Å². The van der Waals surface area contributed by atoms with Crippen LogP contribution in [0.3, 0.4) is 0 Å². The van der Waals surface area contributed by atoms with Gasteiger partial charge in [0.05, 0.1) is 15.8 Å². The first-order valence-electron chi connectivity index (χ1n) is 7.52. The number of azide groups is 1. The highest BCUT2D eigenvalue weighted by molar-refractivity contribution is 7.21. The summed E-state index contributed by atoms with van der Waals surface area (Å²) in [6.45, 7) is 0. The molecular weight excluding hydrogens is 332 g/mol. The summed E-state index contributed by atoms with van der Waals surface area (Å²) in [6, 6.07) is 24.3. The van der Waals surface area contributed by atoms with E-state index in [1.54, 1.807) is 29.5 Å². The van der Waals surface area contributed by atoms with Gasteiger partial charge in [0.2, 0.25) is 0 Å². The molecule has 6 heteroatoms. The molecule has 5 nitrogen and oxygen atoms in total. The molecule has 0 fully saturated rings. The molecule has 0 aliphatic heterocycles. The molecule has 0 unspecified atom stereocenters. The Labute approximate surface area is 148 Å². The Morgan fingerprint density at radius 2 is 1.56 bits per heavy atom. The zero-order valence-electron chi connectivity index (χ0n) is 13.1. The van der Waals surface area contributed by atoms with Crippen LogP contribution in [0.25, 0.3) is 31.2 Å². The van der Waals surface area contributed by atoms with E-state index < -0.39 is 0 Å². The molecule has 122 valence electrons. The normalized spacial score (nSPS) is 9.76. The zero-order chi connectivity index (χ0) is 17.5. The minimum absolute atomic E-state index is 0.279. The van der Waals surface area contributed by atoms with E-state index in [0.717, 1.165) is 20.8 Å². The third-order valence-corrected chi connectivity index (χ3v) is 4.41. The SMILES string of the molecule is Oc1ccccc1-c1nc2ccccc2s1.[N-]=[N+]=Nc1ccccc1. The molecule has 1 N–H and O–H groups in total. The Hall–Kier alpha value is -3.34. The first-order valence-corrected chi connectivity index (χ1v) is 8.33. The van der Waals surface area contributed by atoms with Crippen LogP contribution in [0.1, 0.15) is 0 Å². The quantitative estimate of drug-likeness (QED) is 0.262. The molecule has 0 aliphatic carbocycles. The van der Waals surface area contributed by atoms with Gasteiger partial charge in [-0.3, -0.25) is 0 Å². The van der Waals surface area contributed by atoms with Crippen molar-refractivity contribution in [3.05, 3.63) is 89.3 Å². The molecule has 0 bridgehead atoms. The van der Waals surface area contributed by atoms with E-state index in [9.17, 15) is 5.11 Å². The predicted octanol–water partition coefficient (Wildman–Crippen LogP) is 6.30. The third kappa shape index (κ3) is 4.14. The second kappa shape index (κ2) is 7.97. The number of benzene rings is 3. The highest BCUT2D eigenvalue weighted by Gasteiger charge is 2.08. The largest absolute Gasteiger partial charge is 0.507 e. The van der Waals surface area contributed by atoms with Crippen molar-refractivity contribution in [1.82, 2.24) is 4.98 Å². The summed E-state index contributed by atoms with van der Waals surface area (Å²) in [5.41, 5.74) is 10.4. The number of aromatic hydroxyl groups is 1. The van der Waals surface area contributed by atoms with Crippen molar-refractivity contribution in [3.63, 3.8) is 0 Å². The number of hydrogen-bond donors (Lipinski definition) is 1. The molecule has 0 aliphatic rings. The standard InChI is InChI=1S/C13H9NOS.C6H5N3/c15-11-7-3-1-5-9(11)13-14-10-6-2-4-8-12(10)16-13;7-9-8-6-4-2-1-3-5-6/h1-8,15H;1-5H. The van der Waals surface area contributed by atoms with Crippen LogP contribution in [-0.4, -0.2) is 10.1 Å². The summed E-state index contributed by atoms with van der Waals surface area (Å²) in [5, 5.41) is 14.0. The van der Waals surface area contributed by atoms with E-state index in [4.69, 9.17) is 5.53 Å². The predicted molar refractivity (Wildman–Crippen MR) is 102 cm³/mol. The van der Waals surface area contributed by atoms with Crippen LogP contribution >= 0.6 is 11.3 Å². The third-order valence-electron chi connectivity index (χ3n) is 3.34. The maximum atomic E-state index is 9.76. The number of aromatic nitrogens is 1. The van der Waals surface area contributed by atoms with Crippen LogP contribution in [0.4, 0.5) is 5.69 Å². The highest BCUT2D eigenvalue weighted by Crippen LogP contribution is 2.34. The number of fused-ring (bicyclic) bond motifs is 1. The van der Waals surface area contributed by atoms with Crippen molar-refractivity contribution in [1.29, 1.82) is 0 Å². The van der Waals surface area contributed by atoms with E-state index in [1.165, 1.54) is 0 Å². The lowest BCUT2D eigenvalue weighted by Gasteiger charge is -1.98. The van der Waals surface area contributed by atoms with Crippen LogP contribution in [-0.2, 0) is 0 Å². The lowest BCUT2D eigenvalue weighted by molar-refractivity contribution is 0.477. The monoisotopic (exact) mass is 346 g/mol. The van der Waals surface area contributed by atoms with Crippen LogP contribution in [0.15, 0.2) is 84.0 Å². The fourth-order valence-electron chi connectivity index (χ4n) is 2.19. The summed E-state index contributed by atoms with van der Waals surface area (Å²) >= 11 is 1.59. The van der Waals surface area contributed by atoms with E-state index in [0.29, 0.717) is 5.69 Å². The molecule has 0 radical (unpaired) electrons. The molecule has 0 spiro atoms. The van der Waals surface area contributed by atoms with Gasteiger partial charge in [-0.15, -0.1) is 11.3 Å². The van der Waals surface area contributed by atoms with Crippen molar-refractivity contribution in [2.75, 3.05) is 0 Å². The molecule has 4 rings (SSSR count). The molecule has 3 aromatic carbocycles. The van der Waals surface area contributed by atoms with Crippen molar-refractivity contribution in [2.24, 2.45) is 5.11 Å². The van der Waals surface area contributed by atoms with Gasteiger partial charge in [0, 0.05) is 10.6 Å². The Morgan fingerprint density at radius 1 is 0.880 bits per heavy atom. The number of nitrogens with zero attached hydrogens (tertiary/aromatic N) is 4. The van der Waals surface area contributed by atoms with Crippen molar-refractivity contribution < 1.29 is 5.11 Å². The maximum absolute atomic E-state index is 9.76. The Morgan fingerprint density at radius 3 is 2.28 bits per heavy atom. The van der Waals surface area contributed by atoms with E-state index in [2.05, 4.69) is 15.0 Å². The molecule has 4 aromatic rings. The van der Waals surface area contributed by atoms with Gasteiger partial charge in [-0.25, -0.2) is 4.98 Å². The van der Waals surface area contributed by atoms with Gasteiger partial charge < -0.3 is 5.11 Å². The molecule has 0 saturated heterocycles. The molecule has 1 aromatic heterocycles. The number of phenolic OH excluding ortho intramolecular Hbond substituents is 1. The summed E-state index contributed by atoms with van der Waals surface area (Å²) in [6.07, 6.45) is 0. The van der Waals surface area contributed by atoms with Gasteiger partial charge in [0.15, 0.2) is 0 Å². The number of para-hydroxylation sites is 2. The molecule has 0 atom stereocenters. The van der Waals surface area contributed by atoms with E-state index in [-0.39, 0.29) is 5.75 Å². The smallest absolute Gasteiger partial charge is 0.128 e. The van der Waals surface area contributed by atoms with Crippen LogP contribution in [0.5, 0.6) is 5.75 Å². The lowest BCUT2D eigenvalue weighted by Crippen LogP contribution is -1.76. The van der Waals surface area contributed by atoms with Gasteiger partial charge in [0.25, 0.3) is 0 Å². The van der Waals surface area contributed by atoms with Crippen molar-refractivity contribution in [2.45, 2.75) is 0 Å². The lowest BCUT2D eigenvalue weighted by atomic mass is 10.2. The average molecular weight is 346 g/mol. The second-order valence-electron chi connectivity index (χ2n) is 5.03. The molecule has 0 saturated carbocycles.